The lowest BCUT2D eigenvalue weighted by molar-refractivity contribution is 0.0953. The average molecular weight is 297 g/mol. The van der Waals surface area contributed by atoms with E-state index >= 15 is 0 Å². The first kappa shape index (κ1) is 12.0. The molecular weight excluding hydrogens is 286 g/mol. The van der Waals surface area contributed by atoms with Crippen molar-refractivity contribution in [3.8, 4) is 0 Å². The Balaban J connectivity index is 2.36. The van der Waals surface area contributed by atoms with Gasteiger partial charge >= 0.3 is 0 Å². The zero-order chi connectivity index (χ0) is 10.6. The van der Waals surface area contributed by atoms with E-state index in [4.69, 9.17) is 11.6 Å². The molecule has 0 fully saturated rings. The molecule has 0 aliphatic rings. The van der Waals surface area contributed by atoms with Gasteiger partial charge in [-0.25, -0.2) is 0 Å². The minimum atomic E-state index is -0.0377. The number of halogens is 2. The van der Waals surface area contributed by atoms with Gasteiger partial charge in [0.25, 0.3) is 5.91 Å². The predicted molar refractivity (Wildman–Crippen MR) is 64.3 cm³/mol. The largest absolute Gasteiger partial charge is 0.352 e. The molecule has 1 N–H and O–H groups in total. The second-order valence-electron chi connectivity index (χ2n) is 2.96. The zero-order valence-corrected chi connectivity index (χ0v) is 10.9. The number of nitrogens with one attached hydrogen (secondary N) is 1. The van der Waals surface area contributed by atoms with E-state index in [1.54, 1.807) is 0 Å². The second kappa shape index (κ2) is 5.73. The zero-order valence-electron chi connectivity index (χ0n) is 7.72. The normalized spacial score (nSPS) is 12.5. The van der Waals surface area contributed by atoms with Gasteiger partial charge in [-0.1, -0.05) is 0 Å². The Morgan fingerprint density at radius 2 is 2.50 bits per heavy atom. The van der Waals surface area contributed by atoms with E-state index in [1.807, 2.05) is 18.4 Å². The standard InChI is InChI=1S/C9H11BrClNOS/c1-6(11)2-3-12-9(13)7-4-8(10)14-5-7/h4-6H,2-3H2,1H3,(H,12,13). The smallest absolute Gasteiger partial charge is 0.252 e. The SMILES string of the molecule is CC(Cl)CCNC(=O)c1csc(Br)c1. The fourth-order valence-corrected chi connectivity index (χ4v) is 2.16. The Morgan fingerprint density at radius 1 is 1.79 bits per heavy atom. The molecule has 1 amide bonds. The number of rotatable bonds is 4. The molecule has 5 heteroatoms. The Morgan fingerprint density at radius 3 is 3.00 bits per heavy atom. The second-order valence-corrected chi connectivity index (χ2v) is 6.00. The summed E-state index contributed by atoms with van der Waals surface area (Å²) in [4.78, 5) is 11.5. The third kappa shape index (κ3) is 3.98. The third-order valence-electron chi connectivity index (χ3n) is 1.66. The van der Waals surface area contributed by atoms with Crippen molar-refractivity contribution in [2.24, 2.45) is 0 Å². The van der Waals surface area contributed by atoms with Gasteiger partial charge in [0.2, 0.25) is 0 Å². The van der Waals surface area contributed by atoms with E-state index in [2.05, 4.69) is 21.2 Å². The molecule has 0 radical (unpaired) electrons. The molecule has 14 heavy (non-hydrogen) atoms. The highest BCUT2D eigenvalue weighted by molar-refractivity contribution is 9.11. The molecule has 1 rings (SSSR count). The minimum Gasteiger partial charge on any atom is -0.352 e. The molecule has 2 nitrogen and oxygen atoms in total. The average Bonchev–Trinajstić information content (AvgIpc) is 2.51. The topological polar surface area (TPSA) is 29.1 Å². The lowest BCUT2D eigenvalue weighted by Crippen LogP contribution is -2.25. The number of thiophene rings is 1. The van der Waals surface area contributed by atoms with E-state index in [0.717, 1.165) is 10.2 Å². The molecule has 0 bridgehead atoms. The molecule has 78 valence electrons. The summed E-state index contributed by atoms with van der Waals surface area (Å²) < 4.78 is 0.966. The van der Waals surface area contributed by atoms with Crippen LogP contribution in [-0.2, 0) is 0 Å². The molecule has 1 aromatic heterocycles. The summed E-state index contributed by atoms with van der Waals surface area (Å²) >= 11 is 10.6. The third-order valence-corrected chi connectivity index (χ3v) is 3.38. The Bertz CT molecular complexity index is 314. The maximum atomic E-state index is 11.5. The number of amides is 1. The van der Waals surface area contributed by atoms with Gasteiger partial charge in [-0.2, -0.15) is 0 Å². The summed E-state index contributed by atoms with van der Waals surface area (Å²) in [5.74, 6) is -0.0377. The van der Waals surface area contributed by atoms with E-state index in [0.29, 0.717) is 12.1 Å². The molecule has 1 atom stereocenters. The van der Waals surface area contributed by atoms with Crippen LogP contribution in [0, 0.1) is 0 Å². The number of carbonyl (C=O) groups is 1. The first-order valence-electron chi connectivity index (χ1n) is 4.26. The molecule has 0 saturated carbocycles. The van der Waals surface area contributed by atoms with Gasteiger partial charge in [0.15, 0.2) is 0 Å². The molecule has 1 unspecified atom stereocenters. The first-order valence-corrected chi connectivity index (χ1v) is 6.37. The van der Waals surface area contributed by atoms with Gasteiger partial charge in [0, 0.05) is 17.3 Å². The molecule has 1 aromatic rings. The van der Waals surface area contributed by atoms with Crippen LogP contribution in [0.3, 0.4) is 0 Å². The summed E-state index contributed by atoms with van der Waals surface area (Å²) in [6, 6.07) is 1.81. The van der Waals surface area contributed by atoms with Crippen molar-refractivity contribution in [1.82, 2.24) is 5.32 Å². The molecule has 0 aromatic carbocycles. The summed E-state index contributed by atoms with van der Waals surface area (Å²) in [6.45, 7) is 2.53. The van der Waals surface area contributed by atoms with Crippen molar-refractivity contribution in [1.29, 1.82) is 0 Å². The van der Waals surface area contributed by atoms with E-state index < -0.39 is 0 Å². The van der Waals surface area contributed by atoms with Crippen LogP contribution in [0.1, 0.15) is 23.7 Å². The minimum absolute atomic E-state index is 0.0377. The molecular formula is C9H11BrClNOS. The highest BCUT2D eigenvalue weighted by Crippen LogP contribution is 2.20. The van der Waals surface area contributed by atoms with Crippen LogP contribution in [0.2, 0.25) is 0 Å². The first-order chi connectivity index (χ1) is 6.59. The molecule has 1 heterocycles. The van der Waals surface area contributed by atoms with Gasteiger partial charge in [-0.05, 0) is 35.3 Å². The number of hydrogen-bond acceptors (Lipinski definition) is 2. The van der Waals surface area contributed by atoms with Gasteiger partial charge in [0.1, 0.15) is 0 Å². The van der Waals surface area contributed by atoms with Crippen molar-refractivity contribution >= 4 is 44.8 Å². The van der Waals surface area contributed by atoms with Crippen LogP contribution in [-0.4, -0.2) is 17.8 Å². The number of alkyl halides is 1. The van der Waals surface area contributed by atoms with Crippen LogP contribution in [0.25, 0.3) is 0 Å². The number of carbonyl (C=O) groups excluding carboxylic acids is 1. The van der Waals surface area contributed by atoms with Crippen molar-refractivity contribution in [2.45, 2.75) is 18.7 Å². The molecule has 0 saturated heterocycles. The lowest BCUT2D eigenvalue weighted by atomic mass is 10.3. The maximum absolute atomic E-state index is 11.5. The van der Waals surface area contributed by atoms with E-state index in [9.17, 15) is 4.79 Å². The number of hydrogen-bond donors (Lipinski definition) is 1. The van der Waals surface area contributed by atoms with Crippen molar-refractivity contribution < 1.29 is 4.79 Å². The Hall–Kier alpha value is -0.0600. The molecule has 0 spiro atoms. The highest BCUT2D eigenvalue weighted by Gasteiger charge is 2.07. The van der Waals surface area contributed by atoms with Crippen LogP contribution in [0.15, 0.2) is 15.2 Å². The van der Waals surface area contributed by atoms with Crippen LogP contribution < -0.4 is 5.32 Å². The van der Waals surface area contributed by atoms with Crippen LogP contribution in [0.4, 0.5) is 0 Å². The van der Waals surface area contributed by atoms with E-state index in [1.165, 1.54) is 11.3 Å². The van der Waals surface area contributed by atoms with Crippen molar-refractivity contribution in [2.75, 3.05) is 6.54 Å². The van der Waals surface area contributed by atoms with Crippen LogP contribution in [0.5, 0.6) is 0 Å². The monoisotopic (exact) mass is 295 g/mol. The van der Waals surface area contributed by atoms with Gasteiger partial charge in [0.05, 0.1) is 9.35 Å². The van der Waals surface area contributed by atoms with Crippen LogP contribution >= 0.6 is 38.9 Å². The Kier molecular flexibility index (Phi) is 4.92. The summed E-state index contributed by atoms with van der Waals surface area (Å²) in [6.07, 6.45) is 0.790. The summed E-state index contributed by atoms with van der Waals surface area (Å²) in [5.41, 5.74) is 0.698. The lowest BCUT2D eigenvalue weighted by Gasteiger charge is -2.04. The van der Waals surface area contributed by atoms with Crippen molar-refractivity contribution in [3.05, 3.63) is 20.8 Å². The van der Waals surface area contributed by atoms with Gasteiger partial charge in [-0.15, -0.1) is 22.9 Å². The van der Waals surface area contributed by atoms with Gasteiger partial charge < -0.3 is 5.32 Å². The van der Waals surface area contributed by atoms with Gasteiger partial charge in [-0.3, -0.25) is 4.79 Å². The summed E-state index contributed by atoms with van der Waals surface area (Å²) in [5, 5.41) is 4.73. The summed E-state index contributed by atoms with van der Waals surface area (Å²) in [7, 11) is 0. The molecule has 0 aliphatic carbocycles. The predicted octanol–water partition coefficient (Wildman–Crippen LogP) is 3.26. The highest BCUT2D eigenvalue weighted by atomic mass is 79.9. The van der Waals surface area contributed by atoms with Crippen molar-refractivity contribution in [3.63, 3.8) is 0 Å². The fraction of sp³-hybridized carbons (Fsp3) is 0.444. The van der Waals surface area contributed by atoms with E-state index in [-0.39, 0.29) is 11.3 Å². The Labute approximate surface area is 101 Å². The fourth-order valence-electron chi connectivity index (χ4n) is 0.916. The maximum Gasteiger partial charge on any atom is 0.252 e. The molecule has 0 aliphatic heterocycles. The quantitative estimate of drug-likeness (QED) is 0.849.